The van der Waals surface area contributed by atoms with Crippen LogP contribution >= 0.6 is 7.82 Å². The van der Waals surface area contributed by atoms with E-state index >= 15 is 0 Å². The van der Waals surface area contributed by atoms with E-state index in [0.29, 0.717) is 23.2 Å². The maximum atomic E-state index is 13.0. The zero-order valence-corrected chi connectivity index (χ0v) is 24.2. The minimum atomic E-state index is -3.71. The number of aryl methyl sites for hydroxylation is 1. The predicted molar refractivity (Wildman–Crippen MR) is 148 cm³/mol. The minimum absolute atomic E-state index is 0.109. The third-order valence-electron chi connectivity index (χ3n) is 7.57. The summed E-state index contributed by atoms with van der Waals surface area (Å²) in [5, 5.41) is 11.6. The highest BCUT2D eigenvalue weighted by Gasteiger charge is 2.47. The molecule has 0 spiro atoms. The molecule has 2 aliphatic rings. The van der Waals surface area contributed by atoms with Gasteiger partial charge in [0.2, 0.25) is 5.95 Å². The number of anilines is 2. The average molecular weight is 601 g/mol. The van der Waals surface area contributed by atoms with Gasteiger partial charge in [-0.2, -0.15) is 0 Å². The first-order valence-electron chi connectivity index (χ1n) is 13.2. The van der Waals surface area contributed by atoms with Gasteiger partial charge in [0.25, 0.3) is 5.56 Å². The zero-order chi connectivity index (χ0) is 29.8. The van der Waals surface area contributed by atoms with Gasteiger partial charge >= 0.3 is 13.5 Å². The van der Waals surface area contributed by atoms with Crippen molar-refractivity contribution >= 4 is 30.8 Å². The van der Waals surface area contributed by atoms with Crippen molar-refractivity contribution in [3.63, 3.8) is 0 Å². The van der Waals surface area contributed by atoms with Crippen molar-refractivity contribution in [3.8, 4) is 11.3 Å². The van der Waals surface area contributed by atoms with E-state index in [0.717, 1.165) is 24.0 Å². The zero-order valence-electron chi connectivity index (χ0n) is 23.3. The molecule has 42 heavy (non-hydrogen) atoms. The highest BCUT2D eigenvalue weighted by atomic mass is 31.2. The molecule has 6 heterocycles. The molecule has 18 heteroatoms. The van der Waals surface area contributed by atoms with Crippen LogP contribution in [0.4, 0.5) is 11.8 Å². The summed E-state index contributed by atoms with van der Waals surface area (Å²) in [7, 11) is -0.854. The van der Waals surface area contributed by atoms with Gasteiger partial charge in [-0.3, -0.25) is 23.4 Å². The largest absolute Gasteiger partial charge is 0.532 e. The lowest BCUT2D eigenvalue weighted by atomic mass is 10.2. The summed E-state index contributed by atoms with van der Waals surface area (Å²) in [5.74, 6) is 0.791. The molecule has 1 N–H and O–H groups in total. The number of imidazole rings is 1. The molecule has 4 aromatic heterocycles. The van der Waals surface area contributed by atoms with Crippen molar-refractivity contribution in [2.75, 3.05) is 23.1 Å². The fourth-order valence-corrected chi connectivity index (χ4v) is 5.59. The molecule has 0 aromatic carbocycles. The number of aliphatic hydroxyl groups excluding tert-OH is 1. The molecular weight excluding hydrogens is 571 g/mol. The molecule has 2 saturated heterocycles. The Kier molecular flexibility index (Phi) is 7.14. The second-order valence-electron chi connectivity index (χ2n) is 10.2. The average Bonchev–Trinajstić information content (AvgIpc) is 3.36. The number of nitrogens with zero attached hydrogens (tertiary/aromatic N) is 10. The fraction of sp³-hybridized carbons (Fsp3) is 0.458. The minimum Gasteiger partial charge on any atom is -0.371 e. The number of aliphatic hydroxyl groups is 1. The molecule has 4 aromatic rings. The molecule has 1 unspecified atom stereocenters. The van der Waals surface area contributed by atoms with Gasteiger partial charge in [0, 0.05) is 44.6 Å². The fourth-order valence-electron chi connectivity index (χ4n) is 5.02. The summed E-state index contributed by atoms with van der Waals surface area (Å²) in [4.78, 5) is 51.0. The Morgan fingerprint density at radius 3 is 2.55 bits per heavy atom. The van der Waals surface area contributed by atoms with Gasteiger partial charge in [0.1, 0.15) is 6.73 Å². The molecule has 0 radical (unpaired) electrons. The number of rotatable bonds is 9. The standard InChI is InChI=1S/C24H29N10O7P/c1-14-6-5-7-32(14)23-26-8-16(9-27-23)17-10-25-11-18(29-17)34(13-39-42(38)40-41-42)21(35)15(2)33-12-28-20-19(33)22(36)31(4)24(37)30(20)3/h8-12,14-15,21,35H,5-7,13H2,1-4H3/t14-,15-,21?/m0/s1. The quantitative estimate of drug-likeness (QED) is 0.124. The van der Waals surface area contributed by atoms with Crippen molar-refractivity contribution in [1.29, 1.82) is 0 Å². The Hall–Kier alpha value is -4.02. The van der Waals surface area contributed by atoms with Gasteiger partial charge in [-0.15, -0.1) is 9.35 Å². The summed E-state index contributed by atoms with van der Waals surface area (Å²) >= 11 is 0. The van der Waals surface area contributed by atoms with Crippen LogP contribution in [0.5, 0.6) is 0 Å². The number of hydrogen-bond donors (Lipinski definition) is 1. The second-order valence-corrected chi connectivity index (χ2v) is 11.7. The van der Waals surface area contributed by atoms with Crippen LogP contribution in [-0.4, -0.2) is 69.3 Å². The Bertz CT molecular complexity index is 1800. The number of hydrogen-bond acceptors (Lipinski definition) is 14. The number of fused-ring (bicyclic) bond motifs is 1. The molecule has 3 atom stereocenters. The van der Waals surface area contributed by atoms with Gasteiger partial charge in [-0.05, 0) is 26.7 Å². The Morgan fingerprint density at radius 2 is 1.88 bits per heavy atom. The van der Waals surface area contributed by atoms with Crippen LogP contribution < -0.4 is 21.0 Å². The van der Waals surface area contributed by atoms with Crippen molar-refractivity contribution in [1.82, 2.24) is 38.6 Å². The second kappa shape index (κ2) is 10.7. The van der Waals surface area contributed by atoms with Crippen molar-refractivity contribution in [2.24, 2.45) is 14.1 Å². The molecule has 222 valence electrons. The normalized spacial score (nSPS) is 19.3. The van der Waals surface area contributed by atoms with E-state index in [1.54, 1.807) is 19.3 Å². The van der Waals surface area contributed by atoms with Crippen molar-refractivity contribution in [2.45, 2.75) is 45.0 Å². The first kappa shape index (κ1) is 28.1. The number of phosphoric acid groups is 1. The van der Waals surface area contributed by atoms with Crippen LogP contribution in [0.2, 0.25) is 0 Å². The summed E-state index contributed by atoms with van der Waals surface area (Å²) in [6.07, 6.45) is 8.34. The monoisotopic (exact) mass is 600 g/mol. The van der Waals surface area contributed by atoms with Gasteiger partial charge in [-0.25, -0.2) is 29.3 Å². The van der Waals surface area contributed by atoms with Crippen molar-refractivity contribution < 1.29 is 23.5 Å². The topological polar surface area (TPSA) is 191 Å². The third kappa shape index (κ3) is 4.98. The lowest BCUT2D eigenvalue weighted by Crippen LogP contribution is -2.43. The summed E-state index contributed by atoms with van der Waals surface area (Å²) in [6.45, 7) is 4.21. The molecule has 2 fully saturated rings. The van der Waals surface area contributed by atoms with E-state index in [1.165, 1.54) is 46.9 Å². The van der Waals surface area contributed by atoms with Crippen LogP contribution in [0.1, 0.15) is 32.7 Å². The summed E-state index contributed by atoms with van der Waals surface area (Å²) in [6, 6.07) is -0.485. The lowest BCUT2D eigenvalue weighted by Gasteiger charge is -2.32. The van der Waals surface area contributed by atoms with E-state index in [-0.39, 0.29) is 17.0 Å². The van der Waals surface area contributed by atoms with Crippen LogP contribution in [0, 0.1) is 0 Å². The highest BCUT2D eigenvalue weighted by Crippen LogP contribution is 2.65. The molecule has 0 amide bonds. The molecule has 0 aliphatic carbocycles. The molecule has 6 rings (SSSR count). The first-order chi connectivity index (χ1) is 20.1. The first-order valence-corrected chi connectivity index (χ1v) is 14.6. The van der Waals surface area contributed by atoms with E-state index in [4.69, 9.17) is 4.52 Å². The SMILES string of the molecule is C[C@H]1CCCN1c1ncc(-c2cncc(N(COP3(=O)OO3)C(O)[C@H](C)n3cnc4c3c(=O)n(C)c(=O)n4C)n2)cn1. The molecule has 2 aliphatic heterocycles. The lowest BCUT2D eigenvalue weighted by molar-refractivity contribution is 0.0850. The molecular formula is C24H29N10O7P. The van der Waals surface area contributed by atoms with E-state index in [9.17, 15) is 19.3 Å². The maximum absolute atomic E-state index is 13.0. The maximum Gasteiger partial charge on any atom is 0.532 e. The van der Waals surface area contributed by atoms with Gasteiger partial charge in [0.05, 0.1) is 30.5 Å². The molecule has 0 bridgehead atoms. The van der Waals surface area contributed by atoms with E-state index < -0.39 is 38.1 Å². The number of aromatic nitrogens is 8. The van der Waals surface area contributed by atoms with Crippen LogP contribution in [0.25, 0.3) is 22.4 Å². The predicted octanol–water partition coefficient (Wildman–Crippen LogP) is 1.10. The van der Waals surface area contributed by atoms with Gasteiger partial charge in [0.15, 0.2) is 23.2 Å². The Morgan fingerprint density at radius 1 is 1.14 bits per heavy atom. The van der Waals surface area contributed by atoms with E-state index in [2.05, 4.69) is 46.1 Å². The summed E-state index contributed by atoms with van der Waals surface area (Å²) in [5.41, 5.74) is 0.163. The van der Waals surface area contributed by atoms with Crippen molar-refractivity contribution in [3.05, 3.63) is 52.0 Å². The molecule has 0 saturated carbocycles. The Balaban J connectivity index is 1.33. The highest BCUT2D eigenvalue weighted by molar-refractivity contribution is 7.52. The molecule has 17 nitrogen and oxygen atoms in total. The van der Waals surface area contributed by atoms with Gasteiger partial charge in [-0.1, -0.05) is 0 Å². The van der Waals surface area contributed by atoms with Crippen LogP contribution in [-0.2, 0) is 32.5 Å². The Labute approximate surface area is 238 Å². The van der Waals surface area contributed by atoms with Crippen LogP contribution in [0.15, 0.2) is 40.7 Å². The van der Waals surface area contributed by atoms with Gasteiger partial charge < -0.3 is 19.5 Å². The smallest absolute Gasteiger partial charge is 0.371 e. The summed E-state index contributed by atoms with van der Waals surface area (Å²) < 4.78 is 29.9. The third-order valence-corrected chi connectivity index (χ3v) is 8.40. The van der Waals surface area contributed by atoms with E-state index in [1.807, 2.05) is 0 Å². The van der Waals surface area contributed by atoms with Crippen LogP contribution in [0.3, 0.4) is 0 Å².